The standard InChI is InChI=1S/C19H27N5/c1-22-13-18(12-21-22)14-23-10-2-6-19(16-23)7-3-11-24(19)15-17-4-8-20-9-5-17/h4-5,8-9,12-13H,2-3,6-7,10-11,14-16H2,1H3. The van der Waals surface area contributed by atoms with Crippen molar-refractivity contribution in [3.8, 4) is 0 Å². The summed E-state index contributed by atoms with van der Waals surface area (Å²) in [5.74, 6) is 0. The number of aromatic nitrogens is 3. The van der Waals surface area contributed by atoms with Crippen LogP contribution in [0.3, 0.4) is 0 Å². The first kappa shape index (κ1) is 15.8. The molecule has 1 atom stereocenters. The molecule has 0 bridgehead atoms. The van der Waals surface area contributed by atoms with Crippen LogP contribution in [0.4, 0.5) is 0 Å². The van der Waals surface area contributed by atoms with Crippen LogP contribution < -0.4 is 0 Å². The Labute approximate surface area is 144 Å². The Morgan fingerprint density at radius 2 is 1.83 bits per heavy atom. The van der Waals surface area contributed by atoms with E-state index in [1.165, 1.54) is 56.4 Å². The van der Waals surface area contributed by atoms with Gasteiger partial charge in [-0.1, -0.05) is 0 Å². The molecule has 1 spiro atoms. The van der Waals surface area contributed by atoms with Gasteiger partial charge in [-0.25, -0.2) is 0 Å². The molecule has 0 aromatic carbocycles. The van der Waals surface area contributed by atoms with Crippen LogP contribution in [0.1, 0.15) is 36.8 Å². The van der Waals surface area contributed by atoms with Crippen LogP contribution in [0.2, 0.25) is 0 Å². The summed E-state index contributed by atoms with van der Waals surface area (Å²) in [5, 5.41) is 4.32. The normalized spacial score (nSPS) is 25.5. The van der Waals surface area contributed by atoms with E-state index in [1.54, 1.807) is 0 Å². The number of aryl methyl sites for hydroxylation is 1. The SMILES string of the molecule is Cn1cc(CN2CCCC3(CCCN3Cc3ccncc3)C2)cn1. The molecular weight excluding hydrogens is 298 g/mol. The van der Waals surface area contributed by atoms with Crippen LogP contribution >= 0.6 is 0 Å². The summed E-state index contributed by atoms with van der Waals surface area (Å²) in [4.78, 5) is 9.51. The van der Waals surface area contributed by atoms with Gasteiger partial charge in [-0.15, -0.1) is 0 Å². The van der Waals surface area contributed by atoms with Gasteiger partial charge in [0.1, 0.15) is 0 Å². The van der Waals surface area contributed by atoms with Gasteiger partial charge in [0.25, 0.3) is 0 Å². The van der Waals surface area contributed by atoms with Gasteiger partial charge in [-0.3, -0.25) is 19.5 Å². The maximum Gasteiger partial charge on any atom is 0.0534 e. The Morgan fingerprint density at radius 3 is 2.58 bits per heavy atom. The van der Waals surface area contributed by atoms with Crippen molar-refractivity contribution in [3.63, 3.8) is 0 Å². The summed E-state index contributed by atoms with van der Waals surface area (Å²) in [6.45, 7) is 5.71. The van der Waals surface area contributed by atoms with E-state index in [9.17, 15) is 0 Å². The lowest BCUT2D eigenvalue weighted by Gasteiger charge is -2.46. The van der Waals surface area contributed by atoms with Crippen LogP contribution in [-0.2, 0) is 20.1 Å². The first-order valence-electron chi connectivity index (χ1n) is 9.07. The molecule has 2 aromatic heterocycles. The van der Waals surface area contributed by atoms with Crippen molar-refractivity contribution in [1.82, 2.24) is 24.6 Å². The maximum atomic E-state index is 4.32. The minimum Gasteiger partial charge on any atom is -0.297 e. The van der Waals surface area contributed by atoms with E-state index < -0.39 is 0 Å². The van der Waals surface area contributed by atoms with Gasteiger partial charge in [0, 0.05) is 56.4 Å². The predicted octanol–water partition coefficient (Wildman–Crippen LogP) is 2.45. The van der Waals surface area contributed by atoms with Crippen LogP contribution in [0.5, 0.6) is 0 Å². The van der Waals surface area contributed by atoms with Gasteiger partial charge in [0.15, 0.2) is 0 Å². The number of rotatable bonds is 4. The molecule has 0 aliphatic carbocycles. The average Bonchev–Trinajstić information content (AvgIpc) is 3.16. The number of hydrogen-bond donors (Lipinski definition) is 0. The van der Waals surface area contributed by atoms with E-state index in [1.807, 2.05) is 30.3 Å². The third-order valence-corrected chi connectivity index (χ3v) is 5.66. The van der Waals surface area contributed by atoms with Gasteiger partial charge in [-0.2, -0.15) is 5.10 Å². The first-order chi connectivity index (χ1) is 11.7. The largest absolute Gasteiger partial charge is 0.297 e. The fourth-order valence-electron chi connectivity index (χ4n) is 4.56. The number of pyridine rings is 1. The van der Waals surface area contributed by atoms with E-state index in [-0.39, 0.29) is 0 Å². The molecule has 4 heterocycles. The van der Waals surface area contributed by atoms with E-state index in [2.05, 4.69) is 38.2 Å². The molecule has 2 fully saturated rings. The lowest BCUT2D eigenvalue weighted by Crippen LogP contribution is -2.55. The highest BCUT2D eigenvalue weighted by atomic mass is 15.3. The lowest BCUT2D eigenvalue weighted by molar-refractivity contribution is 0.0328. The fraction of sp³-hybridized carbons (Fsp3) is 0.579. The molecule has 128 valence electrons. The zero-order valence-corrected chi connectivity index (χ0v) is 14.6. The fourth-order valence-corrected chi connectivity index (χ4v) is 4.56. The number of piperidine rings is 1. The monoisotopic (exact) mass is 325 g/mol. The highest BCUT2D eigenvalue weighted by Crippen LogP contribution is 2.38. The Bertz CT molecular complexity index is 667. The van der Waals surface area contributed by atoms with Crippen molar-refractivity contribution >= 4 is 0 Å². The van der Waals surface area contributed by atoms with Crippen LogP contribution in [-0.4, -0.2) is 49.7 Å². The van der Waals surface area contributed by atoms with Crippen molar-refractivity contribution in [2.24, 2.45) is 7.05 Å². The molecule has 2 aromatic rings. The van der Waals surface area contributed by atoms with Gasteiger partial charge < -0.3 is 0 Å². The number of nitrogens with zero attached hydrogens (tertiary/aromatic N) is 5. The molecular formula is C19H27N5. The molecule has 2 aliphatic heterocycles. The lowest BCUT2D eigenvalue weighted by atomic mass is 9.86. The molecule has 0 saturated carbocycles. The Balaban J connectivity index is 1.46. The minimum absolute atomic E-state index is 0.365. The molecule has 5 nitrogen and oxygen atoms in total. The zero-order valence-electron chi connectivity index (χ0n) is 14.6. The van der Waals surface area contributed by atoms with Gasteiger partial charge in [0.2, 0.25) is 0 Å². The van der Waals surface area contributed by atoms with Gasteiger partial charge in [0.05, 0.1) is 6.20 Å². The molecule has 0 amide bonds. The molecule has 1 unspecified atom stereocenters. The topological polar surface area (TPSA) is 37.2 Å². The van der Waals surface area contributed by atoms with Gasteiger partial charge in [-0.05, 0) is 56.5 Å². The summed E-state index contributed by atoms with van der Waals surface area (Å²) in [5.41, 5.74) is 3.08. The van der Waals surface area contributed by atoms with E-state index in [4.69, 9.17) is 0 Å². The predicted molar refractivity (Wildman–Crippen MR) is 94.3 cm³/mol. The summed E-state index contributed by atoms with van der Waals surface area (Å²) in [6, 6.07) is 4.31. The molecule has 2 saturated heterocycles. The van der Waals surface area contributed by atoms with E-state index in [0.717, 1.165) is 13.1 Å². The second-order valence-corrected chi connectivity index (χ2v) is 7.44. The van der Waals surface area contributed by atoms with E-state index >= 15 is 0 Å². The summed E-state index contributed by atoms with van der Waals surface area (Å²) in [7, 11) is 1.99. The third-order valence-electron chi connectivity index (χ3n) is 5.66. The number of hydrogen-bond acceptors (Lipinski definition) is 4. The zero-order chi connectivity index (χ0) is 16.4. The first-order valence-corrected chi connectivity index (χ1v) is 9.07. The number of likely N-dealkylation sites (tertiary alicyclic amines) is 2. The molecule has 4 rings (SSSR count). The Hall–Kier alpha value is -1.72. The maximum absolute atomic E-state index is 4.32. The molecule has 24 heavy (non-hydrogen) atoms. The smallest absolute Gasteiger partial charge is 0.0534 e. The molecule has 0 N–H and O–H groups in total. The summed E-state index contributed by atoms with van der Waals surface area (Å²) < 4.78 is 1.90. The Morgan fingerprint density at radius 1 is 1.04 bits per heavy atom. The van der Waals surface area contributed by atoms with Crippen molar-refractivity contribution < 1.29 is 0 Å². The van der Waals surface area contributed by atoms with Crippen LogP contribution in [0.25, 0.3) is 0 Å². The third kappa shape index (κ3) is 3.23. The quantitative estimate of drug-likeness (QED) is 0.865. The highest BCUT2D eigenvalue weighted by Gasteiger charge is 2.43. The van der Waals surface area contributed by atoms with Crippen molar-refractivity contribution in [3.05, 3.63) is 48.0 Å². The summed E-state index contributed by atoms with van der Waals surface area (Å²) in [6.07, 6.45) is 13.3. The minimum atomic E-state index is 0.365. The summed E-state index contributed by atoms with van der Waals surface area (Å²) >= 11 is 0. The van der Waals surface area contributed by atoms with Crippen molar-refractivity contribution in [2.75, 3.05) is 19.6 Å². The molecule has 5 heteroatoms. The second-order valence-electron chi connectivity index (χ2n) is 7.44. The highest BCUT2D eigenvalue weighted by molar-refractivity contribution is 5.12. The Kier molecular flexibility index (Phi) is 4.37. The van der Waals surface area contributed by atoms with Crippen LogP contribution in [0.15, 0.2) is 36.9 Å². The van der Waals surface area contributed by atoms with E-state index in [0.29, 0.717) is 5.54 Å². The van der Waals surface area contributed by atoms with Crippen LogP contribution in [0, 0.1) is 0 Å². The average molecular weight is 325 g/mol. The molecule has 0 radical (unpaired) electrons. The van der Waals surface area contributed by atoms with Crippen molar-refractivity contribution in [2.45, 2.75) is 44.3 Å². The molecule has 2 aliphatic rings. The van der Waals surface area contributed by atoms with Gasteiger partial charge >= 0.3 is 0 Å². The van der Waals surface area contributed by atoms with Crippen molar-refractivity contribution in [1.29, 1.82) is 0 Å². The second kappa shape index (κ2) is 6.65.